The predicted octanol–water partition coefficient (Wildman–Crippen LogP) is 5.88. The lowest BCUT2D eigenvalue weighted by molar-refractivity contribution is -0.260. The van der Waals surface area contributed by atoms with Crippen molar-refractivity contribution >= 4 is 23.2 Å². The van der Waals surface area contributed by atoms with E-state index in [0.29, 0.717) is 18.2 Å². The van der Waals surface area contributed by atoms with Crippen LogP contribution in [0.3, 0.4) is 0 Å². The molecule has 0 saturated heterocycles. The fourth-order valence-electron chi connectivity index (χ4n) is 2.91. The van der Waals surface area contributed by atoms with Crippen molar-refractivity contribution in [2.75, 3.05) is 11.9 Å². The second-order valence-electron chi connectivity index (χ2n) is 7.22. The monoisotopic (exact) mass is 522 g/mol. The highest BCUT2D eigenvalue weighted by Crippen LogP contribution is 2.43. The molecule has 2 aromatic carbocycles. The number of hydrogen-bond acceptors (Lipinski definition) is 3. The number of alkyl halides is 9. The third-order valence-electron chi connectivity index (χ3n) is 4.66. The van der Waals surface area contributed by atoms with Gasteiger partial charge in [0.2, 0.25) is 11.5 Å². The summed E-state index contributed by atoms with van der Waals surface area (Å²) in [6.07, 6.45) is -15.6. The lowest BCUT2D eigenvalue weighted by atomic mass is 9.91. The number of aliphatic hydroxyl groups is 1. The third kappa shape index (κ3) is 6.47. The highest BCUT2D eigenvalue weighted by atomic mass is 35.5. The first kappa shape index (κ1) is 27.6. The van der Waals surface area contributed by atoms with Crippen molar-refractivity contribution in [3.63, 3.8) is 0 Å². The Kier molecular flexibility index (Phi) is 7.73. The Bertz CT molecular complexity index is 1050. The Morgan fingerprint density at radius 1 is 0.912 bits per heavy atom. The average molecular weight is 523 g/mol. The van der Waals surface area contributed by atoms with E-state index in [-0.39, 0.29) is 11.6 Å². The number of nitrogens with one attached hydrogen (secondary N) is 2. The lowest BCUT2D eigenvalue weighted by Crippen LogP contribution is -2.48. The minimum Gasteiger partial charge on any atom is -0.381 e. The maximum atomic E-state index is 13.7. The van der Waals surface area contributed by atoms with Crippen LogP contribution in [0.4, 0.5) is 45.2 Å². The van der Waals surface area contributed by atoms with Crippen LogP contribution in [0.5, 0.6) is 0 Å². The topological polar surface area (TPSA) is 61.4 Å². The van der Waals surface area contributed by atoms with Crippen LogP contribution in [0, 0.1) is 0 Å². The third-order valence-corrected chi connectivity index (χ3v) is 4.88. The fourth-order valence-corrected chi connectivity index (χ4v) is 3.15. The molecule has 0 aliphatic carbocycles. The van der Waals surface area contributed by atoms with Gasteiger partial charge in [-0.1, -0.05) is 17.7 Å². The number of carbonyl (C=O) groups is 1. The van der Waals surface area contributed by atoms with E-state index in [1.165, 1.54) is 0 Å². The molecule has 0 aliphatic rings. The highest BCUT2D eigenvalue weighted by Gasteiger charge is 2.55. The Balaban J connectivity index is 2.45. The zero-order valence-corrected chi connectivity index (χ0v) is 17.8. The van der Waals surface area contributed by atoms with E-state index in [2.05, 4.69) is 5.32 Å². The van der Waals surface area contributed by atoms with Crippen LogP contribution in [0.25, 0.3) is 0 Å². The summed E-state index contributed by atoms with van der Waals surface area (Å²) >= 11 is 5.52. The number of halogens is 10. The summed E-state index contributed by atoms with van der Waals surface area (Å²) in [4.78, 5) is 11.0. The van der Waals surface area contributed by atoms with Crippen LogP contribution < -0.4 is 10.6 Å². The minimum atomic E-state index is -5.54. The Hall–Kier alpha value is -2.67. The Labute approximate surface area is 191 Å². The molecular formula is C20H16ClF9N2O2. The molecule has 188 valence electrons. The van der Waals surface area contributed by atoms with Crippen LogP contribution in [-0.4, -0.2) is 23.7 Å². The molecule has 0 spiro atoms. The first-order valence-electron chi connectivity index (χ1n) is 9.20. The van der Waals surface area contributed by atoms with Gasteiger partial charge in [-0.05, 0) is 41.5 Å². The molecule has 3 N–H and O–H groups in total. The van der Waals surface area contributed by atoms with Gasteiger partial charge in [-0.3, -0.25) is 4.79 Å². The lowest BCUT2D eigenvalue weighted by Gasteiger charge is -2.32. The predicted molar refractivity (Wildman–Crippen MR) is 104 cm³/mol. The standard InChI is InChI=1S/C20H16ClF9N2O2/c1-10(33)31-8-11-2-3-15(7-16(11)19(25,26)27)32-9-17(34,20(28,29)30)12-4-13(18(22,23)24)6-14(21)5-12/h2-7,32,34H,8-9H2,1H3,(H,31,33)/t17-/m0/s1. The Morgan fingerprint density at radius 2 is 1.50 bits per heavy atom. The van der Waals surface area contributed by atoms with E-state index < -0.39 is 70.5 Å². The number of anilines is 1. The van der Waals surface area contributed by atoms with Crippen molar-refractivity contribution in [1.29, 1.82) is 0 Å². The van der Waals surface area contributed by atoms with Crippen molar-refractivity contribution in [3.05, 3.63) is 63.7 Å². The van der Waals surface area contributed by atoms with E-state index in [0.717, 1.165) is 19.1 Å². The zero-order valence-electron chi connectivity index (χ0n) is 17.0. The van der Waals surface area contributed by atoms with Crippen molar-refractivity contribution < 1.29 is 49.4 Å². The number of rotatable bonds is 6. The van der Waals surface area contributed by atoms with Gasteiger partial charge in [0.25, 0.3) is 0 Å². The number of carbonyl (C=O) groups excluding carboxylic acids is 1. The van der Waals surface area contributed by atoms with E-state index in [1.807, 2.05) is 5.32 Å². The van der Waals surface area contributed by atoms with Gasteiger partial charge >= 0.3 is 18.5 Å². The number of hydrogen-bond donors (Lipinski definition) is 3. The molecule has 0 bridgehead atoms. The van der Waals surface area contributed by atoms with Gasteiger partial charge < -0.3 is 15.7 Å². The summed E-state index contributed by atoms with van der Waals surface area (Å²) in [6.45, 7) is -0.975. The molecule has 0 saturated carbocycles. The van der Waals surface area contributed by atoms with Gasteiger partial charge in [-0.2, -0.15) is 39.5 Å². The van der Waals surface area contributed by atoms with Crippen LogP contribution in [0.2, 0.25) is 5.02 Å². The summed E-state index contributed by atoms with van der Waals surface area (Å²) in [6, 6.07) is 3.20. The van der Waals surface area contributed by atoms with Gasteiger partial charge in [0.1, 0.15) is 0 Å². The van der Waals surface area contributed by atoms with Crippen molar-refractivity contribution in [3.8, 4) is 0 Å². The van der Waals surface area contributed by atoms with Gasteiger partial charge in [0.15, 0.2) is 0 Å². The normalized spacial score (nSPS) is 14.5. The largest absolute Gasteiger partial charge is 0.423 e. The molecule has 4 nitrogen and oxygen atoms in total. The molecule has 0 heterocycles. The van der Waals surface area contributed by atoms with Crippen LogP contribution >= 0.6 is 11.6 Å². The molecule has 0 radical (unpaired) electrons. The van der Waals surface area contributed by atoms with Crippen molar-refractivity contribution in [2.24, 2.45) is 0 Å². The van der Waals surface area contributed by atoms with Crippen molar-refractivity contribution in [1.82, 2.24) is 5.32 Å². The van der Waals surface area contributed by atoms with Gasteiger partial charge in [0.05, 0.1) is 17.7 Å². The summed E-state index contributed by atoms with van der Waals surface area (Å²) < 4.78 is 120. The van der Waals surface area contributed by atoms with E-state index in [9.17, 15) is 49.4 Å². The molecule has 14 heteroatoms. The van der Waals surface area contributed by atoms with E-state index in [4.69, 9.17) is 11.6 Å². The second kappa shape index (κ2) is 9.53. The smallest absolute Gasteiger partial charge is 0.381 e. The SMILES string of the molecule is CC(=O)NCc1ccc(NC[C@](O)(c2cc(Cl)cc(C(F)(F)F)c2)C(F)(F)F)cc1C(F)(F)F. The first-order chi connectivity index (χ1) is 15.3. The fraction of sp³-hybridized carbons (Fsp3) is 0.350. The molecule has 0 unspecified atom stereocenters. The highest BCUT2D eigenvalue weighted by molar-refractivity contribution is 6.30. The summed E-state index contributed by atoms with van der Waals surface area (Å²) in [5.74, 6) is -0.620. The summed E-state index contributed by atoms with van der Waals surface area (Å²) in [5.41, 5.74) is -8.93. The van der Waals surface area contributed by atoms with Crippen LogP contribution in [0.1, 0.15) is 29.2 Å². The zero-order chi connectivity index (χ0) is 26.1. The maximum absolute atomic E-state index is 13.7. The minimum absolute atomic E-state index is 0.0543. The first-order valence-corrected chi connectivity index (χ1v) is 9.58. The average Bonchev–Trinajstić information content (AvgIpc) is 2.68. The number of amides is 1. The molecule has 34 heavy (non-hydrogen) atoms. The summed E-state index contributed by atoms with van der Waals surface area (Å²) in [7, 11) is 0. The van der Waals surface area contributed by atoms with Gasteiger partial charge in [0, 0.05) is 24.2 Å². The molecule has 0 fully saturated rings. The van der Waals surface area contributed by atoms with E-state index in [1.54, 1.807) is 0 Å². The molecule has 1 atom stereocenters. The molecule has 2 rings (SSSR count). The second-order valence-corrected chi connectivity index (χ2v) is 7.65. The van der Waals surface area contributed by atoms with E-state index >= 15 is 0 Å². The quantitative estimate of drug-likeness (QED) is 0.416. The number of benzene rings is 2. The van der Waals surface area contributed by atoms with Gasteiger partial charge in [-0.25, -0.2) is 0 Å². The molecular weight excluding hydrogens is 507 g/mol. The van der Waals surface area contributed by atoms with Crippen molar-refractivity contribution in [2.45, 2.75) is 37.6 Å². The van der Waals surface area contributed by atoms with Crippen LogP contribution in [0.15, 0.2) is 36.4 Å². The Morgan fingerprint density at radius 3 is 2.00 bits per heavy atom. The molecule has 0 aromatic heterocycles. The molecule has 1 amide bonds. The molecule has 2 aromatic rings. The summed E-state index contributed by atoms with van der Waals surface area (Å²) in [5, 5.41) is 13.8. The van der Waals surface area contributed by atoms with Crippen LogP contribution in [-0.2, 0) is 29.3 Å². The molecule has 0 aliphatic heterocycles. The maximum Gasteiger partial charge on any atom is 0.423 e. The van der Waals surface area contributed by atoms with Gasteiger partial charge in [-0.15, -0.1) is 0 Å².